The molecule has 1 aliphatic carbocycles. The monoisotopic (exact) mass is 388 g/mol. The van der Waals surface area contributed by atoms with Crippen LogP contribution in [0, 0.1) is 11.3 Å². The zero-order chi connectivity index (χ0) is 20.1. The molecule has 1 aliphatic heterocycles. The van der Waals surface area contributed by atoms with E-state index in [2.05, 4.69) is 54.8 Å². The molecule has 0 unspecified atom stereocenters. The molecule has 1 saturated carbocycles. The number of piperazine rings is 1. The van der Waals surface area contributed by atoms with Crippen molar-refractivity contribution >= 4 is 11.7 Å². The smallest absolute Gasteiger partial charge is 0.304 e. The molecule has 0 bridgehead atoms. The molecule has 1 N–H and O–H groups in total. The van der Waals surface area contributed by atoms with Gasteiger partial charge in [-0.2, -0.15) is 0 Å². The normalized spacial score (nSPS) is 24.2. The summed E-state index contributed by atoms with van der Waals surface area (Å²) in [6, 6.07) is 8.51. The Balaban J connectivity index is 1.44. The SMILES string of the molecule is CC(C)(C)C1CCC(Oc2ccc(N3CCN(CCC(=O)O)CC3)cc2)CC1. The first-order chi connectivity index (χ1) is 13.3. The summed E-state index contributed by atoms with van der Waals surface area (Å²) in [5, 5.41) is 8.82. The zero-order valence-electron chi connectivity index (χ0n) is 17.7. The zero-order valence-corrected chi connectivity index (χ0v) is 17.7. The van der Waals surface area contributed by atoms with Crippen molar-refractivity contribution in [2.24, 2.45) is 11.3 Å². The number of aliphatic carboxylic acids is 1. The number of carboxylic acid groups (broad SMARTS) is 1. The molecule has 5 heteroatoms. The van der Waals surface area contributed by atoms with E-state index < -0.39 is 5.97 Å². The standard InChI is InChI=1S/C23H36N2O3/c1-23(2,3)18-4-8-20(9-5-18)28-21-10-6-19(7-11-21)25-16-14-24(15-17-25)13-12-22(26)27/h6-7,10-11,18,20H,4-5,8-9,12-17H2,1-3H3,(H,26,27). The van der Waals surface area contributed by atoms with Crippen molar-refractivity contribution < 1.29 is 14.6 Å². The Morgan fingerprint density at radius 3 is 2.18 bits per heavy atom. The third kappa shape index (κ3) is 5.87. The van der Waals surface area contributed by atoms with Crippen LogP contribution >= 0.6 is 0 Å². The first kappa shape index (κ1) is 21.0. The Morgan fingerprint density at radius 2 is 1.64 bits per heavy atom. The lowest BCUT2D eigenvalue weighted by Gasteiger charge is -2.37. The van der Waals surface area contributed by atoms with Gasteiger partial charge in [0.05, 0.1) is 12.5 Å². The third-order valence-electron chi connectivity index (χ3n) is 6.42. The van der Waals surface area contributed by atoms with E-state index in [1.165, 1.54) is 18.5 Å². The fourth-order valence-electron chi connectivity index (χ4n) is 4.46. The van der Waals surface area contributed by atoms with Crippen molar-refractivity contribution in [3.8, 4) is 5.75 Å². The quantitative estimate of drug-likeness (QED) is 0.789. The van der Waals surface area contributed by atoms with Crippen LogP contribution < -0.4 is 9.64 Å². The number of nitrogens with zero attached hydrogens (tertiary/aromatic N) is 2. The van der Waals surface area contributed by atoms with E-state index in [0.717, 1.165) is 50.7 Å². The second-order valence-corrected chi connectivity index (χ2v) is 9.42. The lowest BCUT2D eigenvalue weighted by Crippen LogP contribution is -2.46. The number of hydrogen-bond donors (Lipinski definition) is 1. The molecule has 28 heavy (non-hydrogen) atoms. The molecule has 1 aromatic carbocycles. The minimum atomic E-state index is -0.718. The van der Waals surface area contributed by atoms with Crippen molar-refractivity contribution in [3.05, 3.63) is 24.3 Å². The summed E-state index contributed by atoms with van der Waals surface area (Å²) in [6.07, 6.45) is 5.41. The first-order valence-corrected chi connectivity index (χ1v) is 10.8. The fraction of sp³-hybridized carbons (Fsp3) is 0.696. The van der Waals surface area contributed by atoms with Crippen molar-refractivity contribution in [3.63, 3.8) is 0 Å². The largest absolute Gasteiger partial charge is 0.490 e. The topological polar surface area (TPSA) is 53.0 Å². The number of benzene rings is 1. The van der Waals surface area contributed by atoms with Crippen molar-refractivity contribution in [2.75, 3.05) is 37.6 Å². The van der Waals surface area contributed by atoms with Crippen LogP contribution in [0.5, 0.6) is 5.75 Å². The molecule has 1 saturated heterocycles. The van der Waals surface area contributed by atoms with E-state index in [1.54, 1.807) is 0 Å². The minimum Gasteiger partial charge on any atom is -0.490 e. The van der Waals surface area contributed by atoms with Gasteiger partial charge in [-0.05, 0) is 61.3 Å². The molecule has 156 valence electrons. The number of carbonyl (C=O) groups is 1. The second kappa shape index (κ2) is 9.17. The van der Waals surface area contributed by atoms with Gasteiger partial charge in [-0.15, -0.1) is 0 Å². The summed E-state index contributed by atoms with van der Waals surface area (Å²) in [7, 11) is 0. The van der Waals surface area contributed by atoms with Gasteiger partial charge in [-0.1, -0.05) is 20.8 Å². The van der Waals surface area contributed by atoms with Crippen molar-refractivity contribution in [1.82, 2.24) is 4.90 Å². The maximum atomic E-state index is 10.7. The average molecular weight is 389 g/mol. The van der Waals surface area contributed by atoms with Gasteiger partial charge in [-0.3, -0.25) is 9.69 Å². The maximum absolute atomic E-state index is 10.7. The highest BCUT2D eigenvalue weighted by atomic mass is 16.5. The summed E-state index contributed by atoms with van der Waals surface area (Å²) >= 11 is 0. The Labute approximate surface area is 169 Å². The Hall–Kier alpha value is -1.75. The molecule has 1 aromatic rings. The van der Waals surface area contributed by atoms with Gasteiger partial charge >= 0.3 is 5.97 Å². The lowest BCUT2D eigenvalue weighted by molar-refractivity contribution is -0.137. The Bertz CT molecular complexity index is 622. The van der Waals surface area contributed by atoms with Crippen LogP contribution in [0.2, 0.25) is 0 Å². The molecule has 0 amide bonds. The summed E-state index contributed by atoms with van der Waals surface area (Å²) < 4.78 is 6.25. The van der Waals surface area contributed by atoms with E-state index in [0.29, 0.717) is 18.1 Å². The highest BCUT2D eigenvalue weighted by Gasteiger charge is 2.30. The highest BCUT2D eigenvalue weighted by Crippen LogP contribution is 2.38. The molecule has 3 rings (SSSR count). The lowest BCUT2D eigenvalue weighted by atomic mass is 9.72. The van der Waals surface area contributed by atoms with Crippen LogP contribution in [0.3, 0.4) is 0 Å². The molecule has 5 nitrogen and oxygen atoms in total. The van der Waals surface area contributed by atoms with Crippen molar-refractivity contribution in [2.45, 2.75) is 59.0 Å². The fourth-order valence-corrected chi connectivity index (χ4v) is 4.46. The van der Waals surface area contributed by atoms with E-state index in [-0.39, 0.29) is 6.42 Å². The van der Waals surface area contributed by atoms with E-state index >= 15 is 0 Å². The summed E-state index contributed by atoms with van der Waals surface area (Å²) in [6.45, 7) is 11.4. The molecular formula is C23H36N2O3. The predicted molar refractivity (Wildman–Crippen MR) is 113 cm³/mol. The molecule has 1 heterocycles. The van der Waals surface area contributed by atoms with Crippen LogP contribution in [-0.2, 0) is 4.79 Å². The van der Waals surface area contributed by atoms with E-state index in [9.17, 15) is 4.79 Å². The van der Waals surface area contributed by atoms with Crippen LogP contribution in [0.25, 0.3) is 0 Å². The average Bonchev–Trinajstić information content (AvgIpc) is 2.67. The number of anilines is 1. The van der Waals surface area contributed by atoms with Gasteiger partial charge in [0, 0.05) is 38.4 Å². The molecule has 0 aromatic heterocycles. The Morgan fingerprint density at radius 1 is 1.04 bits per heavy atom. The highest BCUT2D eigenvalue weighted by molar-refractivity contribution is 5.66. The predicted octanol–water partition coefficient (Wildman–Crippen LogP) is 4.27. The van der Waals surface area contributed by atoms with Gasteiger partial charge in [-0.25, -0.2) is 0 Å². The van der Waals surface area contributed by atoms with Gasteiger partial charge in [0.15, 0.2) is 0 Å². The number of ether oxygens (including phenoxy) is 1. The summed E-state index contributed by atoms with van der Waals surface area (Å²) in [4.78, 5) is 15.3. The van der Waals surface area contributed by atoms with E-state index in [1.807, 2.05) is 0 Å². The van der Waals surface area contributed by atoms with Gasteiger partial charge in [0.2, 0.25) is 0 Å². The Kier molecular flexibility index (Phi) is 6.86. The maximum Gasteiger partial charge on any atom is 0.304 e. The number of hydrogen-bond acceptors (Lipinski definition) is 4. The first-order valence-electron chi connectivity index (χ1n) is 10.8. The van der Waals surface area contributed by atoms with Crippen LogP contribution in [0.1, 0.15) is 52.9 Å². The molecule has 0 atom stereocenters. The molecule has 2 fully saturated rings. The molecular weight excluding hydrogens is 352 g/mol. The van der Waals surface area contributed by atoms with Gasteiger partial charge in [0.25, 0.3) is 0 Å². The molecule has 0 spiro atoms. The van der Waals surface area contributed by atoms with Crippen LogP contribution in [0.4, 0.5) is 5.69 Å². The van der Waals surface area contributed by atoms with Crippen LogP contribution in [0.15, 0.2) is 24.3 Å². The van der Waals surface area contributed by atoms with E-state index in [4.69, 9.17) is 9.84 Å². The summed E-state index contributed by atoms with van der Waals surface area (Å²) in [5.74, 6) is 1.07. The van der Waals surface area contributed by atoms with Gasteiger partial charge in [0.1, 0.15) is 5.75 Å². The van der Waals surface area contributed by atoms with Crippen LogP contribution in [-0.4, -0.2) is 54.8 Å². The minimum absolute atomic E-state index is 0.226. The number of carboxylic acids is 1. The summed E-state index contributed by atoms with van der Waals surface area (Å²) in [5.41, 5.74) is 1.63. The van der Waals surface area contributed by atoms with Crippen molar-refractivity contribution in [1.29, 1.82) is 0 Å². The number of rotatable bonds is 6. The van der Waals surface area contributed by atoms with Gasteiger partial charge < -0.3 is 14.7 Å². The second-order valence-electron chi connectivity index (χ2n) is 9.42. The molecule has 2 aliphatic rings. The third-order valence-corrected chi connectivity index (χ3v) is 6.42. The molecule has 0 radical (unpaired) electrons.